The lowest BCUT2D eigenvalue weighted by Gasteiger charge is -2.24. The fourth-order valence-corrected chi connectivity index (χ4v) is 3.88. The van der Waals surface area contributed by atoms with E-state index in [1.807, 2.05) is 36.6 Å². The molecule has 3 heterocycles. The molecule has 4 rings (SSSR count). The van der Waals surface area contributed by atoms with Gasteiger partial charge in [-0.05, 0) is 37.0 Å². The Bertz CT molecular complexity index is 892. The van der Waals surface area contributed by atoms with E-state index in [2.05, 4.69) is 29.1 Å². The second-order valence-electron chi connectivity index (χ2n) is 6.68. The first-order chi connectivity index (χ1) is 11.6. The number of carbonyl (C=O) groups is 1. The monoisotopic (exact) mass is 322 g/mol. The SMILES string of the molecule is Cc1cccc2[nH]cc(CC(=O)N3CCC[C@@H]3c3cnn(C)c3)c12. The standard InChI is InChI=1S/C19H22N4O/c1-13-5-3-6-16-19(13)14(10-20-16)9-18(24)23-8-4-7-17(23)15-11-21-22(2)12-15/h3,5-6,10-12,17,20H,4,7-9H2,1-2H3/t17-/m1/s1. The molecule has 0 aliphatic carbocycles. The summed E-state index contributed by atoms with van der Waals surface area (Å²) in [5.41, 5.74) is 4.54. The number of likely N-dealkylation sites (tertiary alicyclic amines) is 1. The molecule has 24 heavy (non-hydrogen) atoms. The van der Waals surface area contributed by atoms with E-state index in [9.17, 15) is 4.79 Å². The van der Waals surface area contributed by atoms with Gasteiger partial charge in [0.15, 0.2) is 0 Å². The summed E-state index contributed by atoms with van der Waals surface area (Å²) in [6.45, 7) is 2.93. The Hall–Kier alpha value is -2.56. The van der Waals surface area contributed by atoms with Crippen LogP contribution < -0.4 is 0 Å². The molecule has 1 aromatic carbocycles. The average molecular weight is 322 g/mol. The fourth-order valence-electron chi connectivity index (χ4n) is 3.88. The summed E-state index contributed by atoms with van der Waals surface area (Å²) >= 11 is 0. The van der Waals surface area contributed by atoms with Gasteiger partial charge in [0.25, 0.3) is 0 Å². The van der Waals surface area contributed by atoms with Crippen molar-refractivity contribution in [3.8, 4) is 0 Å². The van der Waals surface area contributed by atoms with Gasteiger partial charge in [-0.1, -0.05) is 12.1 Å². The molecule has 1 amide bonds. The zero-order valence-electron chi connectivity index (χ0n) is 14.1. The first-order valence-electron chi connectivity index (χ1n) is 8.47. The van der Waals surface area contributed by atoms with Crippen LogP contribution in [0.25, 0.3) is 10.9 Å². The Labute approximate surface area is 141 Å². The minimum Gasteiger partial charge on any atom is -0.361 e. The van der Waals surface area contributed by atoms with E-state index in [1.165, 1.54) is 10.9 Å². The van der Waals surface area contributed by atoms with Crippen molar-refractivity contribution in [1.82, 2.24) is 19.7 Å². The number of benzene rings is 1. The second-order valence-corrected chi connectivity index (χ2v) is 6.68. The van der Waals surface area contributed by atoms with Crippen LogP contribution in [0.2, 0.25) is 0 Å². The van der Waals surface area contributed by atoms with Crippen molar-refractivity contribution in [2.75, 3.05) is 6.54 Å². The maximum Gasteiger partial charge on any atom is 0.227 e. The summed E-state index contributed by atoms with van der Waals surface area (Å²) in [6.07, 6.45) is 8.40. The number of aryl methyl sites for hydroxylation is 2. The van der Waals surface area contributed by atoms with E-state index in [-0.39, 0.29) is 11.9 Å². The Morgan fingerprint density at radius 2 is 2.29 bits per heavy atom. The van der Waals surface area contributed by atoms with Gasteiger partial charge >= 0.3 is 0 Å². The van der Waals surface area contributed by atoms with Crippen molar-refractivity contribution in [1.29, 1.82) is 0 Å². The summed E-state index contributed by atoms with van der Waals surface area (Å²) in [5, 5.41) is 5.44. The number of nitrogens with one attached hydrogen (secondary N) is 1. The molecule has 3 aromatic rings. The largest absolute Gasteiger partial charge is 0.361 e. The van der Waals surface area contributed by atoms with E-state index in [0.29, 0.717) is 6.42 Å². The molecule has 1 aliphatic rings. The topological polar surface area (TPSA) is 53.9 Å². The van der Waals surface area contributed by atoms with Crippen LogP contribution in [-0.4, -0.2) is 32.1 Å². The van der Waals surface area contributed by atoms with Gasteiger partial charge in [-0.3, -0.25) is 9.48 Å². The van der Waals surface area contributed by atoms with E-state index in [4.69, 9.17) is 0 Å². The van der Waals surface area contributed by atoms with Crippen molar-refractivity contribution in [3.63, 3.8) is 0 Å². The van der Waals surface area contributed by atoms with Crippen LogP contribution >= 0.6 is 0 Å². The van der Waals surface area contributed by atoms with E-state index in [0.717, 1.165) is 36.0 Å². The number of hydrogen-bond donors (Lipinski definition) is 1. The Kier molecular flexibility index (Phi) is 3.63. The third kappa shape index (κ3) is 2.50. The molecule has 1 N–H and O–H groups in total. The minimum absolute atomic E-state index is 0.164. The van der Waals surface area contributed by atoms with Gasteiger partial charge in [-0.25, -0.2) is 0 Å². The molecule has 0 spiro atoms. The Morgan fingerprint density at radius 1 is 1.42 bits per heavy atom. The lowest BCUT2D eigenvalue weighted by atomic mass is 10.0. The van der Waals surface area contributed by atoms with Crippen LogP contribution in [0.4, 0.5) is 0 Å². The number of nitrogens with zero attached hydrogens (tertiary/aromatic N) is 3. The van der Waals surface area contributed by atoms with Crippen molar-refractivity contribution < 1.29 is 4.79 Å². The third-order valence-corrected chi connectivity index (χ3v) is 5.02. The molecule has 0 unspecified atom stereocenters. The highest BCUT2D eigenvalue weighted by Crippen LogP contribution is 2.32. The average Bonchev–Trinajstić information content (AvgIpc) is 3.26. The number of amides is 1. The van der Waals surface area contributed by atoms with Crippen LogP contribution in [0, 0.1) is 6.92 Å². The van der Waals surface area contributed by atoms with E-state index < -0.39 is 0 Å². The van der Waals surface area contributed by atoms with Gasteiger partial charge in [0.2, 0.25) is 5.91 Å². The lowest BCUT2D eigenvalue weighted by Crippen LogP contribution is -2.31. The van der Waals surface area contributed by atoms with Gasteiger partial charge in [0.1, 0.15) is 0 Å². The molecule has 1 atom stereocenters. The smallest absolute Gasteiger partial charge is 0.227 e. The van der Waals surface area contributed by atoms with Gasteiger partial charge in [-0.2, -0.15) is 5.10 Å². The predicted octanol–water partition coefficient (Wildman–Crippen LogP) is 3.12. The van der Waals surface area contributed by atoms with Crippen LogP contribution in [0.3, 0.4) is 0 Å². The number of carbonyl (C=O) groups excluding carboxylic acids is 1. The maximum atomic E-state index is 12.9. The Morgan fingerprint density at radius 3 is 3.08 bits per heavy atom. The fraction of sp³-hybridized carbons (Fsp3) is 0.368. The molecule has 5 heteroatoms. The normalized spacial score (nSPS) is 17.8. The summed E-state index contributed by atoms with van der Waals surface area (Å²) in [5.74, 6) is 0.200. The molecule has 0 bridgehead atoms. The molecule has 5 nitrogen and oxygen atoms in total. The van der Waals surface area contributed by atoms with Crippen molar-refractivity contribution in [2.45, 2.75) is 32.2 Å². The minimum atomic E-state index is 0.164. The number of H-pyrrole nitrogens is 1. The summed E-state index contributed by atoms with van der Waals surface area (Å²) < 4.78 is 1.80. The quantitative estimate of drug-likeness (QED) is 0.805. The highest BCUT2D eigenvalue weighted by atomic mass is 16.2. The predicted molar refractivity (Wildman–Crippen MR) is 93.6 cm³/mol. The van der Waals surface area contributed by atoms with E-state index in [1.54, 1.807) is 4.68 Å². The van der Waals surface area contributed by atoms with Gasteiger partial charge in [-0.15, -0.1) is 0 Å². The van der Waals surface area contributed by atoms with Crippen LogP contribution in [0.5, 0.6) is 0 Å². The molecule has 0 saturated carbocycles. The maximum absolute atomic E-state index is 12.9. The highest BCUT2D eigenvalue weighted by molar-refractivity contribution is 5.91. The molecular formula is C19H22N4O. The van der Waals surface area contributed by atoms with Gasteiger partial charge < -0.3 is 9.88 Å². The summed E-state index contributed by atoms with van der Waals surface area (Å²) in [6, 6.07) is 6.36. The van der Waals surface area contributed by atoms with Crippen LogP contribution in [0.15, 0.2) is 36.8 Å². The second kappa shape index (κ2) is 5.82. The number of rotatable bonds is 3. The highest BCUT2D eigenvalue weighted by Gasteiger charge is 2.31. The van der Waals surface area contributed by atoms with Crippen molar-refractivity contribution in [2.24, 2.45) is 7.05 Å². The summed E-state index contributed by atoms with van der Waals surface area (Å²) in [7, 11) is 1.92. The Balaban J connectivity index is 1.59. The molecule has 0 radical (unpaired) electrons. The van der Waals surface area contributed by atoms with E-state index >= 15 is 0 Å². The molecule has 2 aromatic heterocycles. The lowest BCUT2D eigenvalue weighted by molar-refractivity contribution is -0.131. The van der Waals surface area contributed by atoms with Gasteiger partial charge in [0, 0.05) is 42.5 Å². The third-order valence-electron chi connectivity index (χ3n) is 5.02. The number of aromatic nitrogens is 3. The molecule has 124 valence electrons. The molecule has 1 fully saturated rings. The first-order valence-corrected chi connectivity index (χ1v) is 8.47. The number of hydrogen-bond acceptors (Lipinski definition) is 2. The molecule has 1 aliphatic heterocycles. The zero-order valence-corrected chi connectivity index (χ0v) is 14.1. The van der Waals surface area contributed by atoms with Gasteiger partial charge in [0.05, 0.1) is 18.7 Å². The van der Waals surface area contributed by atoms with Crippen LogP contribution in [-0.2, 0) is 18.3 Å². The van der Waals surface area contributed by atoms with Crippen molar-refractivity contribution >= 4 is 16.8 Å². The molecular weight excluding hydrogens is 300 g/mol. The number of fused-ring (bicyclic) bond motifs is 1. The first kappa shape index (κ1) is 15.0. The molecule has 1 saturated heterocycles. The number of aromatic amines is 1. The van der Waals surface area contributed by atoms with Crippen molar-refractivity contribution in [3.05, 3.63) is 53.5 Å². The van der Waals surface area contributed by atoms with Crippen LogP contribution in [0.1, 0.15) is 35.6 Å². The summed E-state index contributed by atoms with van der Waals surface area (Å²) in [4.78, 5) is 18.3. The zero-order chi connectivity index (χ0) is 16.7.